The summed E-state index contributed by atoms with van der Waals surface area (Å²) in [6.07, 6.45) is 0. The molecule has 0 saturated heterocycles. The first kappa shape index (κ1) is 11.5. The average Bonchev–Trinajstić information content (AvgIpc) is 2.29. The fourth-order valence-electron chi connectivity index (χ4n) is 1.21. The minimum absolute atomic E-state index is 0.000886. The van der Waals surface area contributed by atoms with Gasteiger partial charge in [-0.2, -0.15) is 4.98 Å². The third-order valence-electron chi connectivity index (χ3n) is 2.05. The molecule has 0 amide bonds. The van der Waals surface area contributed by atoms with Crippen LogP contribution in [0, 0.1) is 0 Å². The number of rotatable bonds is 3. The number of benzene rings is 1. The Kier molecular flexibility index (Phi) is 3.30. The van der Waals surface area contributed by atoms with E-state index in [1.807, 2.05) is 0 Å². The Balaban J connectivity index is 2.19. The second-order valence-corrected chi connectivity index (χ2v) is 4.18. The third kappa shape index (κ3) is 2.98. The molecule has 2 rings (SSSR count). The average molecular weight is 247 g/mol. The van der Waals surface area contributed by atoms with Crippen molar-refractivity contribution in [2.75, 3.05) is 0 Å². The molecule has 0 fully saturated rings. The minimum Gasteiger partial charge on any atom is -0.431 e. The standard InChI is InChI=1S/C12H9NO3S/c1-8(14)9-2-4-10(5-3-9)16-12-13-11(15)6-7-17-12/h2-7H,1H3. The van der Waals surface area contributed by atoms with Crippen LogP contribution in [-0.4, -0.2) is 10.8 Å². The van der Waals surface area contributed by atoms with Gasteiger partial charge in [0.1, 0.15) is 5.75 Å². The SMILES string of the molecule is CC(=O)c1ccc(Oc2nc(=O)ccs2)cc1. The molecule has 0 unspecified atom stereocenters. The summed E-state index contributed by atoms with van der Waals surface area (Å²) in [7, 11) is 0. The molecular formula is C12H9NO3S. The molecule has 0 saturated carbocycles. The summed E-state index contributed by atoms with van der Waals surface area (Å²) in [6, 6.07) is 8.05. The number of hydrogen-bond acceptors (Lipinski definition) is 5. The van der Waals surface area contributed by atoms with Crippen LogP contribution in [0.2, 0.25) is 0 Å². The van der Waals surface area contributed by atoms with Gasteiger partial charge >= 0.3 is 0 Å². The lowest BCUT2D eigenvalue weighted by Gasteiger charge is -2.03. The summed E-state index contributed by atoms with van der Waals surface area (Å²) in [4.78, 5) is 25.8. The third-order valence-corrected chi connectivity index (χ3v) is 2.70. The van der Waals surface area contributed by atoms with Gasteiger partial charge < -0.3 is 4.74 Å². The lowest BCUT2D eigenvalue weighted by atomic mass is 10.1. The van der Waals surface area contributed by atoms with E-state index >= 15 is 0 Å². The molecule has 5 heteroatoms. The Morgan fingerprint density at radius 2 is 1.94 bits per heavy atom. The lowest BCUT2D eigenvalue weighted by molar-refractivity contribution is 0.101. The van der Waals surface area contributed by atoms with E-state index < -0.39 is 0 Å². The summed E-state index contributed by atoms with van der Waals surface area (Å²) in [5.41, 5.74) is 0.283. The number of carbonyl (C=O) groups is 1. The zero-order valence-electron chi connectivity index (χ0n) is 9.04. The minimum atomic E-state index is -0.334. The van der Waals surface area contributed by atoms with Crippen LogP contribution in [0.3, 0.4) is 0 Å². The number of ether oxygens (including phenoxy) is 1. The van der Waals surface area contributed by atoms with Gasteiger partial charge in [-0.1, -0.05) is 11.3 Å². The smallest absolute Gasteiger partial charge is 0.282 e. The molecule has 17 heavy (non-hydrogen) atoms. The van der Waals surface area contributed by atoms with Crippen molar-refractivity contribution < 1.29 is 9.53 Å². The van der Waals surface area contributed by atoms with Crippen molar-refractivity contribution >= 4 is 17.1 Å². The molecule has 0 aliphatic rings. The number of nitrogens with zero attached hydrogens (tertiary/aromatic N) is 1. The fourth-order valence-corrected chi connectivity index (χ4v) is 1.80. The van der Waals surface area contributed by atoms with Crippen molar-refractivity contribution in [2.45, 2.75) is 6.92 Å². The highest BCUT2D eigenvalue weighted by Gasteiger charge is 2.02. The van der Waals surface area contributed by atoms with Crippen LogP contribution in [0.25, 0.3) is 0 Å². The number of aromatic nitrogens is 1. The van der Waals surface area contributed by atoms with E-state index in [4.69, 9.17) is 4.74 Å². The highest BCUT2D eigenvalue weighted by molar-refractivity contribution is 7.11. The monoisotopic (exact) mass is 247 g/mol. The molecule has 4 nitrogen and oxygen atoms in total. The zero-order valence-corrected chi connectivity index (χ0v) is 9.86. The van der Waals surface area contributed by atoms with Crippen molar-refractivity contribution in [3.05, 3.63) is 51.6 Å². The van der Waals surface area contributed by atoms with Crippen LogP contribution >= 0.6 is 11.3 Å². The molecule has 1 aromatic carbocycles. The van der Waals surface area contributed by atoms with Crippen LogP contribution in [0.15, 0.2) is 40.5 Å². The number of ketones is 1. The summed E-state index contributed by atoms with van der Waals surface area (Å²) in [6.45, 7) is 1.50. The highest BCUT2D eigenvalue weighted by Crippen LogP contribution is 2.21. The Morgan fingerprint density at radius 3 is 2.53 bits per heavy atom. The normalized spacial score (nSPS) is 9.94. The second kappa shape index (κ2) is 4.88. The predicted octanol–water partition coefficient (Wildman–Crippen LogP) is 2.50. The molecule has 2 aromatic rings. The van der Waals surface area contributed by atoms with Crippen molar-refractivity contribution in [3.8, 4) is 10.9 Å². The molecular weight excluding hydrogens is 238 g/mol. The van der Waals surface area contributed by atoms with Gasteiger partial charge in [-0.15, -0.1) is 0 Å². The van der Waals surface area contributed by atoms with Crippen LogP contribution in [0.1, 0.15) is 17.3 Å². The molecule has 0 atom stereocenters. The Hall–Kier alpha value is -2.01. The predicted molar refractivity (Wildman–Crippen MR) is 64.9 cm³/mol. The van der Waals surface area contributed by atoms with Gasteiger partial charge in [0.2, 0.25) is 0 Å². The quantitative estimate of drug-likeness (QED) is 0.782. The molecule has 0 aliphatic heterocycles. The number of carbonyl (C=O) groups excluding carboxylic acids is 1. The molecule has 86 valence electrons. The largest absolute Gasteiger partial charge is 0.431 e. The van der Waals surface area contributed by atoms with Gasteiger partial charge in [-0.3, -0.25) is 9.59 Å². The van der Waals surface area contributed by atoms with Gasteiger partial charge in [0.05, 0.1) is 0 Å². The van der Waals surface area contributed by atoms with E-state index in [0.29, 0.717) is 11.3 Å². The summed E-state index contributed by atoms with van der Waals surface area (Å²) < 4.78 is 5.39. The molecule has 0 bridgehead atoms. The summed E-state index contributed by atoms with van der Waals surface area (Å²) >= 11 is 1.23. The van der Waals surface area contributed by atoms with Gasteiger partial charge in [-0.05, 0) is 31.2 Å². The van der Waals surface area contributed by atoms with Crippen LogP contribution in [0.4, 0.5) is 0 Å². The van der Waals surface area contributed by atoms with Gasteiger partial charge in [0, 0.05) is 17.0 Å². The molecule has 1 aromatic heterocycles. The van der Waals surface area contributed by atoms with Gasteiger partial charge in [-0.25, -0.2) is 0 Å². The Morgan fingerprint density at radius 1 is 1.24 bits per heavy atom. The van der Waals surface area contributed by atoms with E-state index in [2.05, 4.69) is 4.98 Å². The topological polar surface area (TPSA) is 56.3 Å². The van der Waals surface area contributed by atoms with Crippen molar-refractivity contribution in [1.29, 1.82) is 0 Å². The maximum absolute atomic E-state index is 11.1. The highest BCUT2D eigenvalue weighted by atomic mass is 32.1. The maximum Gasteiger partial charge on any atom is 0.282 e. The summed E-state index contributed by atoms with van der Waals surface area (Å²) in [5, 5.41) is 1.90. The Bertz CT molecular complexity index is 589. The van der Waals surface area contributed by atoms with Gasteiger partial charge in [0.15, 0.2) is 5.78 Å². The van der Waals surface area contributed by atoms with Crippen LogP contribution in [0.5, 0.6) is 10.9 Å². The van der Waals surface area contributed by atoms with E-state index in [1.54, 1.807) is 29.6 Å². The van der Waals surface area contributed by atoms with E-state index in [9.17, 15) is 9.59 Å². The van der Waals surface area contributed by atoms with E-state index in [0.717, 1.165) is 0 Å². The Labute approximate surface area is 102 Å². The first-order valence-electron chi connectivity index (χ1n) is 4.90. The van der Waals surface area contributed by atoms with E-state index in [-0.39, 0.29) is 16.5 Å². The van der Waals surface area contributed by atoms with Crippen molar-refractivity contribution in [1.82, 2.24) is 4.98 Å². The van der Waals surface area contributed by atoms with E-state index in [1.165, 1.54) is 24.3 Å². The zero-order chi connectivity index (χ0) is 12.3. The lowest BCUT2D eigenvalue weighted by Crippen LogP contribution is -2.02. The molecule has 0 aliphatic carbocycles. The van der Waals surface area contributed by atoms with Crippen molar-refractivity contribution in [2.24, 2.45) is 0 Å². The van der Waals surface area contributed by atoms with Crippen LogP contribution in [-0.2, 0) is 0 Å². The molecule has 0 N–H and O–H groups in total. The first-order valence-corrected chi connectivity index (χ1v) is 5.78. The maximum atomic E-state index is 11.1. The van der Waals surface area contributed by atoms with Crippen molar-refractivity contribution in [3.63, 3.8) is 0 Å². The molecule has 0 radical (unpaired) electrons. The van der Waals surface area contributed by atoms with Gasteiger partial charge in [0.25, 0.3) is 10.8 Å². The second-order valence-electron chi connectivity index (χ2n) is 3.32. The fraction of sp³-hybridized carbons (Fsp3) is 0.0833. The molecule has 0 spiro atoms. The number of hydrogen-bond donors (Lipinski definition) is 0. The first-order chi connectivity index (χ1) is 8.15. The van der Waals surface area contributed by atoms with Crippen LogP contribution < -0.4 is 10.3 Å². The molecule has 1 heterocycles. The number of Topliss-reactive ketones (excluding diaryl/α,β-unsaturated/α-hetero) is 1. The summed E-state index contributed by atoms with van der Waals surface area (Å²) in [5.74, 6) is 0.545.